The smallest absolute Gasteiger partial charge is 0.288 e. The highest BCUT2D eigenvalue weighted by atomic mass is 35.5. The molecule has 1 saturated heterocycles. The van der Waals surface area contributed by atoms with Crippen LogP contribution in [0.5, 0.6) is 5.75 Å². The van der Waals surface area contributed by atoms with Gasteiger partial charge in [-0.15, -0.1) is 0 Å². The van der Waals surface area contributed by atoms with E-state index in [1.54, 1.807) is 6.07 Å². The van der Waals surface area contributed by atoms with Crippen molar-refractivity contribution in [3.05, 3.63) is 33.3 Å². The summed E-state index contributed by atoms with van der Waals surface area (Å²) < 4.78 is 5.72. The first kappa shape index (κ1) is 12.1. The molecule has 1 N–H and O–H groups in total. The van der Waals surface area contributed by atoms with Crippen molar-refractivity contribution in [1.82, 2.24) is 5.32 Å². The number of nitrogens with zero attached hydrogens (tertiary/aromatic N) is 1. The Morgan fingerprint density at radius 1 is 1.41 bits per heavy atom. The van der Waals surface area contributed by atoms with Crippen molar-refractivity contribution >= 4 is 17.3 Å². The first-order valence-electron chi connectivity index (χ1n) is 5.48. The van der Waals surface area contributed by atoms with Crippen molar-refractivity contribution in [3.8, 4) is 5.75 Å². The number of ether oxygens (including phenoxy) is 1. The molecule has 0 saturated carbocycles. The molecule has 2 rings (SSSR count). The minimum absolute atomic E-state index is 0.0932. The third-order valence-corrected chi connectivity index (χ3v) is 3.01. The molecule has 1 heterocycles. The van der Waals surface area contributed by atoms with E-state index < -0.39 is 4.92 Å². The molecule has 0 aliphatic carbocycles. The highest BCUT2D eigenvalue weighted by molar-refractivity contribution is 6.32. The van der Waals surface area contributed by atoms with E-state index in [2.05, 4.69) is 5.32 Å². The molecule has 1 aromatic carbocycles. The number of nitrogens with one attached hydrogen (secondary N) is 1. The van der Waals surface area contributed by atoms with Gasteiger partial charge in [0.25, 0.3) is 5.69 Å². The van der Waals surface area contributed by atoms with Crippen molar-refractivity contribution in [1.29, 1.82) is 0 Å². The Balaban J connectivity index is 2.06. The lowest BCUT2D eigenvalue weighted by atomic mass is 10.1. The Kier molecular flexibility index (Phi) is 3.81. The second kappa shape index (κ2) is 5.33. The van der Waals surface area contributed by atoms with Crippen LogP contribution in [0.4, 0.5) is 5.69 Å². The Hall–Kier alpha value is -1.33. The van der Waals surface area contributed by atoms with Gasteiger partial charge in [0.05, 0.1) is 4.92 Å². The fourth-order valence-electron chi connectivity index (χ4n) is 1.81. The zero-order valence-corrected chi connectivity index (χ0v) is 9.94. The highest BCUT2D eigenvalue weighted by Gasteiger charge is 2.17. The van der Waals surface area contributed by atoms with Gasteiger partial charge in [-0.05, 0) is 32.0 Å². The number of nitro benzene ring substituents is 1. The minimum Gasteiger partial charge on any atom is -0.490 e. The highest BCUT2D eigenvalue weighted by Crippen LogP contribution is 2.29. The Morgan fingerprint density at radius 2 is 2.12 bits per heavy atom. The number of hydrogen-bond acceptors (Lipinski definition) is 4. The molecule has 0 spiro atoms. The van der Waals surface area contributed by atoms with E-state index in [0.29, 0.717) is 5.75 Å². The van der Waals surface area contributed by atoms with E-state index in [0.717, 1.165) is 25.9 Å². The maximum Gasteiger partial charge on any atom is 0.288 e. The summed E-state index contributed by atoms with van der Waals surface area (Å²) in [5.41, 5.74) is -0.0932. The summed E-state index contributed by atoms with van der Waals surface area (Å²) >= 11 is 5.81. The van der Waals surface area contributed by atoms with Crippen LogP contribution < -0.4 is 10.1 Å². The second-order valence-corrected chi connectivity index (χ2v) is 4.34. The fraction of sp³-hybridized carbons (Fsp3) is 0.455. The summed E-state index contributed by atoms with van der Waals surface area (Å²) in [7, 11) is 0. The number of rotatable bonds is 3. The lowest BCUT2D eigenvalue weighted by molar-refractivity contribution is -0.384. The molecule has 0 unspecified atom stereocenters. The molecule has 1 aliphatic heterocycles. The fourth-order valence-corrected chi connectivity index (χ4v) is 2.05. The van der Waals surface area contributed by atoms with Crippen LogP contribution in [0.15, 0.2) is 18.2 Å². The van der Waals surface area contributed by atoms with Gasteiger partial charge in [-0.3, -0.25) is 10.1 Å². The van der Waals surface area contributed by atoms with Crippen LogP contribution in [0.25, 0.3) is 0 Å². The van der Waals surface area contributed by atoms with E-state index in [4.69, 9.17) is 16.3 Å². The van der Waals surface area contributed by atoms with Gasteiger partial charge in [0.1, 0.15) is 16.9 Å². The summed E-state index contributed by atoms with van der Waals surface area (Å²) in [4.78, 5) is 10.1. The summed E-state index contributed by atoms with van der Waals surface area (Å²) in [6, 6.07) is 4.46. The molecule has 5 nitrogen and oxygen atoms in total. The van der Waals surface area contributed by atoms with Crippen LogP contribution in [0.2, 0.25) is 5.02 Å². The molecule has 0 radical (unpaired) electrons. The van der Waals surface area contributed by atoms with Gasteiger partial charge in [0, 0.05) is 12.1 Å². The van der Waals surface area contributed by atoms with Crippen LogP contribution >= 0.6 is 11.6 Å². The average Bonchev–Trinajstić information content (AvgIpc) is 2.30. The van der Waals surface area contributed by atoms with Gasteiger partial charge in [-0.25, -0.2) is 0 Å². The van der Waals surface area contributed by atoms with Crippen LogP contribution in [-0.2, 0) is 0 Å². The molecule has 0 aromatic heterocycles. The number of nitro groups is 1. The number of benzene rings is 1. The van der Waals surface area contributed by atoms with Crippen LogP contribution in [0.1, 0.15) is 12.8 Å². The predicted molar refractivity (Wildman–Crippen MR) is 64.6 cm³/mol. The van der Waals surface area contributed by atoms with Gasteiger partial charge in [0.15, 0.2) is 0 Å². The van der Waals surface area contributed by atoms with Gasteiger partial charge < -0.3 is 10.1 Å². The Labute approximate surface area is 104 Å². The Morgan fingerprint density at radius 3 is 2.71 bits per heavy atom. The van der Waals surface area contributed by atoms with Crippen molar-refractivity contribution in [2.75, 3.05) is 13.1 Å². The monoisotopic (exact) mass is 256 g/mol. The lowest BCUT2D eigenvalue weighted by Gasteiger charge is -2.23. The van der Waals surface area contributed by atoms with Gasteiger partial charge in [0.2, 0.25) is 0 Å². The maximum atomic E-state index is 10.6. The first-order chi connectivity index (χ1) is 8.16. The third-order valence-electron chi connectivity index (χ3n) is 2.70. The van der Waals surface area contributed by atoms with E-state index in [1.807, 2.05) is 0 Å². The van der Waals surface area contributed by atoms with Crippen LogP contribution in [-0.4, -0.2) is 24.1 Å². The zero-order chi connectivity index (χ0) is 12.3. The molecular weight excluding hydrogens is 244 g/mol. The zero-order valence-electron chi connectivity index (χ0n) is 9.19. The standard InChI is InChI=1S/C11H13ClN2O3/c12-10-7-9(1-2-11(10)14(15)16)17-8-3-5-13-6-4-8/h1-2,7-8,13H,3-6H2. The maximum absolute atomic E-state index is 10.6. The van der Waals surface area contributed by atoms with Crippen molar-refractivity contribution in [3.63, 3.8) is 0 Å². The molecule has 0 amide bonds. The quantitative estimate of drug-likeness (QED) is 0.666. The second-order valence-electron chi connectivity index (χ2n) is 3.94. The molecule has 6 heteroatoms. The van der Waals surface area contributed by atoms with Crippen molar-refractivity contribution in [2.45, 2.75) is 18.9 Å². The largest absolute Gasteiger partial charge is 0.490 e. The van der Waals surface area contributed by atoms with Gasteiger partial charge >= 0.3 is 0 Å². The van der Waals surface area contributed by atoms with Crippen molar-refractivity contribution in [2.24, 2.45) is 0 Å². The minimum atomic E-state index is -0.503. The van der Waals surface area contributed by atoms with Gasteiger partial charge in [-0.1, -0.05) is 11.6 Å². The van der Waals surface area contributed by atoms with E-state index in [-0.39, 0.29) is 16.8 Å². The molecule has 0 atom stereocenters. The SMILES string of the molecule is O=[N+]([O-])c1ccc(OC2CCNCC2)cc1Cl. The molecular formula is C11H13ClN2O3. The van der Waals surface area contributed by atoms with Gasteiger partial charge in [-0.2, -0.15) is 0 Å². The lowest BCUT2D eigenvalue weighted by Crippen LogP contribution is -2.34. The topological polar surface area (TPSA) is 64.4 Å². The number of piperidine rings is 1. The predicted octanol–water partition coefficient (Wildman–Crippen LogP) is 2.38. The van der Waals surface area contributed by atoms with Crippen LogP contribution in [0.3, 0.4) is 0 Å². The summed E-state index contributed by atoms with van der Waals surface area (Å²) in [5.74, 6) is 0.590. The van der Waals surface area contributed by atoms with E-state index >= 15 is 0 Å². The molecule has 1 aliphatic rings. The molecule has 17 heavy (non-hydrogen) atoms. The Bertz CT molecular complexity index is 419. The molecule has 0 bridgehead atoms. The number of halogens is 1. The number of hydrogen-bond donors (Lipinski definition) is 1. The van der Waals surface area contributed by atoms with E-state index in [1.165, 1.54) is 12.1 Å². The van der Waals surface area contributed by atoms with Crippen molar-refractivity contribution < 1.29 is 9.66 Å². The summed E-state index contributed by atoms with van der Waals surface area (Å²) in [6.07, 6.45) is 2.04. The average molecular weight is 257 g/mol. The molecule has 1 aromatic rings. The molecule has 92 valence electrons. The van der Waals surface area contributed by atoms with Crippen LogP contribution in [0, 0.1) is 10.1 Å². The summed E-state index contributed by atoms with van der Waals surface area (Å²) in [5, 5.41) is 13.9. The first-order valence-corrected chi connectivity index (χ1v) is 5.86. The third kappa shape index (κ3) is 3.08. The molecule has 1 fully saturated rings. The summed E-state index contributed by atoms with van der Waals surface area (Å²) in [6.45, 7) is 1.87. The van der Waals surface area contributed by atoms with E-state index in [9.17, 15) is 10.1 Å². The normalized spacial score (nSPS) is 16.8.